The molecule has 0 radical (unpaired) electrons. The van der Waals surface area contributed by atoms with Crippen molar-refractivity contribution in [2.75, 3.05) is 17.2 Å². The Balaban J connectivity index is 2.23. The van der Waals surface area contributed by atoms with Gasteiger partial charge in [0.2, 0.25) is 0 Å². The first kappa shape index (κ1) is 11.8. The Labute approximate surface area is 103 Å². The molecule has 2 rings (SSSR count). The number of piperidine rings is 1. The van der Waals surface area contributed by atoms with Crippen molar-refractivity contribution >= 4 is 11.4 Å². The fraction of sp³-hybridized carbons (Fsp3) is 0.500. The van der Waals surface area contributed by atoms with Crippen molar-refractivity contribution in [2.24, 2.45) is 5.92 Å². The standard InChI is InChI=1S/C14H19N3/c1-10-5-6-17(11(2)7-10)13-4-3-12(9-15)14(16)8-13/h3-4,8,10-11H,5-7,16H2,1-2H3. The summed E-state index contributed by atoms with van der Waals surface area (Å²) < 4.78 is 0. The van der Waals surface area contributed by atoms with Gasteiger partial charge in [0.25, 0.3) is 0 Å². The Morgan fingerprint density at radius 2 is 2.18 bits per heavy atom. The second-order valence-corrected chi connectivity index (χ2v) is 5.06. The second kappa shape index (κ2) is 4.67. The highest BCUT2D eigenvalue weighted by atomic mass is 15.2. The fourth-order valence-electron chi connectivity index (χ4n) is 2.62. The molecule has 1 aliphatic rings. The molecule has 1 fully saturated rings. The molecule has 90 valence electrons. The number of benzene rings is 1. The molecule has 17 heavy (non-hydrogen) atoms. The van der Waals surface area contributed by atoms with Gasteiger partial charge in [0.1, 0.15) is 6.07 Å². The molecule has 1 saturated heterocycles. The average molecular weight is 229 g/mol. The van der Waals surface area contributed by atoms with Gasteiger partial charge in [0.15, 0.2) is 0 Å². The Kier molecular flexibility index (Phi) is 3.23. The highest BCUT2D eigenvalue weighted by Gasteiger charge is 2.23. The van der Waals surface area contributed by atoms with Crippen LogP contribution in [0, 0.1) is 17.2 Å². The monoisotopic (exact) mass is 229 g/mol. The normalized spacial score (nSPS) is 24.4. The van der Waals surface area contributed by atoms with Crippen LogP contribution in [0.25, 0.3) is 0 Å². The molecule has 1 aliphatic heterocycles. The van der Waals surface area contributed by atoms with Crippen LogP contribution >= 0.6 is 0 Å². The number of nitrogen functional groups attached to an aromatic ring is 1. The summed E-state index contributed by atoms with van der Waals surface area (Å²) in [6.07, 6.45) is 2.45. The summed E-state index contributed by atoms with van der Waals surface area (Å²) in [5, 5.41) is 8.86. The van der Waals surface area contributed by atoms with E-state index in [-0.39, 0.29) is 0 Å². The van der Waals surface area contributed by atoms with Crippen molar-refractivity contribution in [3.8, 4) is 6.07 Å². The van der Waals surface area contributed by atoms with E-state index in [4.69, 9.17) is 11.0 Å². The molecule has 3 heteroatoms. The van der Waals surface area contributed by atoms with E-state index in [0.717, 1.165) is 18.2 Å². The van der Waals surface area contributed by atoms with E-state index < -0.39 is 0 Å². The van der Waals surface area contributed by atoms with Gasteiger partial charge >= 0.3 is 0 Å². The van der Waals surface area contributed by atoms with E-state index in [0.29, 0.717) is 17.3 Å². The van der Waals surface area contributed by atoms with Crippen molar-refractivity contribution < 1.29 is 0 Å². The van der Waals surface area contributed by atoms with Crippen LogP contribution < -0.4 is 10.6 Å². The summed E-state index contributed by atoms with van der Waals surface area (Å²) in [5.41, 5.74) is 8.14. The largest absolute Gasteiger partial charge is 0.398 e. The van der Waals surface area contributed by atoms with Gasteiger partial charge < -0.3 is 10.6 Å². The van der Waals surface area contributed by atoms with E-state index in [1.54, 1.807) is 0 Å². The van der Waals surface area contributed by atoms with E-state index >= 15 is 0 Å². The molecule has 1 aromatic rings. The van der Waals surface area contributed by atoms with E-state index in [9.17, 15) is 0 Å². The van der Waals surface area contributed by atoms with Gasteiger partial charge in [-0.2, -0.15) is 5.26 Å². The smallest absolute Gasteiger partial charge is 0.101 e. The molecule has 0 bridgehead atoms. The molecule has 0 amide bonds. The molecular formula is C14H19N3. The molecule has 1 aromatic carbocycles. The van der Waals surface area contributed by atoms with E-state index in [1.807, 2.05) is 18.2 Å². The maximum atomic E-state index is 8.86. The van der Waals surface area contributed by atoms with Crippen LogP contribution in [0.1, 0.15) is 32.3 Å². The zero-order chi connectivity index (χ0) is 12.4. The maximum absolute atomic E-state index is 8.86. The average Bonchev–Trinajstić information content (AvgIpc) is 2.29. The molecule has 2 unspecified atom stereocenters. The lowest BCUT2D eigenvalue weighted by Crippen LogP contribution is -2.40. The Hall–Kier alpha value is -1.69. The van der Waals surface area contributed by atoms with Gasteiger partial charge in [-0.05, 0) is 43.9 Å². The number of anilines is 2. The molecule has 0 aliphatic carbocycles. The number of hydrogen-bond acceptors (Lipinski definition) is 3. The highest BCUT2D eigenvalue weighted by molar-refractivity contribution is 5.64. The summed E-state index contributed by atoms with van der Waals surface area (Å²) in [4.78, 5) is 2.39. The van der Waals surface area contributed by atoms with Crippen LogP contribution in [-0.2, 0) is 0 Å². The Morgan fingerprint density at radius 3 is 2.76 bits per heavy atom. The highest BCUT2D eigenvalue weighted by Crippen LogP contribution is 2.29. The molecule has 0 aromatic heterocycles. The maximum Gasteiger partial charge on any atom is 0.101 e. The molecular weight excluding hydrogens is 210 g/mol. The van der Waals surface area contributed by atoms with Crippen LogP contribution in [-0.4, -0.2) is 12.6 Å². The zero-order valence-electron chi connectivity index (χ0n) is 10.5. The van der Waals surface area contributed by atoms with Crippen LogP contribution in [0.3, 0.4) is 0 Å². The van der Waals surface area contributed by atoms with Gasteiger partial charge in [-0.1, -0.05) is 6.92 Å². The lowest BCUT2D eigenvalue weighted by atomic mass is 9.93. The van der Waals surface area contributed by atoms with Crippen LogP contribution in [0.4, 0.5) is 11.4 Å². The number of nitrogens with zero attached hydrogens (tertiary/aromatic N) is 2. The van der Waals surface area contributed by atoms with Crippen LogP contribution in [0.5, 0.6) is 0 Å². The molecule has 3 nitrogen and oxygen atoms in total. The molecule has 0 saturated carbocycles. The SMILES string of the molecule is CC1CCN(c2ccc(C#N)c(N)c2)C(C)C1. The fourth-order valence-corrected chi connectivity index (χ4v) is 2.62. The van der Waals surface area contributed by atoms with Gasteiger partial charge in [-0.15, -0.1) is 0 Å². The van der Waals surface area contributed by atoms with Gasteiger partial charge in [-0.25, -0.2) is 0 Å². The van der Waals surface area contributed by atoms with Crippen molar-refractivity contribution in [1.29, 1.82) is 5.26 Å². The number of nitriles is 1. The van der Waals surface area contributed by atoms with Gasteiger partial charge in [0, 0.05) is 18.3 Å². The number of rotatable bonds is 1. The van der Waals surface area contributed by atoms with Crippen molar-refractivity contribution in [3.05, 3.63) is 23.8 Å². The third kappa shape index (κ3) is 2.36. The first-order chi connectivity index (χ1) is 8.11. The Bertz CT molecular complexity index is 447. The molecule has 0 spiro atoms. The first-order valence-electron chi connectivity index (χ1n) is 6.18. The van der Waals surface area contributed by atoms with E-state index in [2.05, 4.69) is 24.8 Å². The minimum absolute atomic E-state index is 0.547. The predicted octanol–water partition coefficient (Wildman–Crippen LogP) is 2.77. The van der Waals surface area contributed by atoms with E-state index in [1.165, 1.54) is 12.8 Å². The summed E-state index contributed by atoms with van der Waals surface area (Å²) >= 11 is 0. The minimum Gasteiger partial charge on any atom is -0.398 e. The lowest BCUT2D eigenvalue weighted by Gasteiger charge is -2.38. The zero-order valence-corrected chi connectivity index (χ0v) is 10.5. The van der Waals surface area contributed by atoms with Crippen molar-refractivity contribution in [1.82, 2.24) is 0 Å². The number of nitrogens with two attached hydrogens (primary N) is 1. The topological polar surface area (TPSA) is 53.0 Å². The summed E-state index contributed by atoms with van der Waals surface area (Å²) in [7, 11) is 0. The van der Waals surface area contributed by atoms with Crippen LogP contribution in [0.15, 0.2) is 18.2 Å². The third-order valence-corrected chi connectivity index (χ3v) is 3.63. The summed E-state index contributed by atoms with van der Waals surface area (Å²) in [6.45, 7) is 5.64. The summed E-state index contributed by atoms with van der Waals surface area (Å²) in [6, 6.07) is 8.39. The molecule has 2 atom stereocenters. The predicted molar refractivity (Wildman–Crippen MR) is 70.8 cm³/mol. The van der Waals surface area contributed by atoms with Crippen molar-refractivity contribution in [2.45, 2.75) is 32.7 Å². The van der Waals surface area contributed by atoms with Gasteiger partial charge in [0.05, 0.1) is 11.3 Å². The Morgan fingerprint density at radius 1 is 1.41 bits per heavy atom. The number of hydrogen-bond donors (Lipinski definition) is 1. The van der Waals surface area contributed by atoms with Crippen molar-refractivity contribution in [3.63, 3.8) is 0 Å². The van der Waals surface area contributed by atoms with Crippen LogP contribution in [0.2, 0.25) is 0 Å². The third-order valence-electron chi connectivity index (χ3n) is 3.63. The first-order valence-corrected chi connectivity index (χ1v) is 6.18. The molecule has 2 N–H and O–H groups in total. The lowest BCUT2D eigenvalue weighted by molar-refractivity contribution is 0.378. The minimum atomic E-state index is 0.547. The second-order valence-electron chi connectivity index (χ2n) is 5.06. The van der Waals surface area contributed by atoms with Gasteiger partial charge in [-0.3, -0.25) is 0 Å². The summed E-state index contributed by atoms with van der Waals surface area (Å²) in [5.74, 6) is 0.803. The molecule has 1 heterocycles. The quantitative estimate of drug-likeness (QED) is 0.753.